The van der Waals surface area contributed by atoms with Gasteiger partial charge in [-0.3, -0.25) is 9.36 Å². The molecule has 1 aliphatic carbocycles. The highest BCUT2D eigenvalue weighted by Crippen LogP contribution is 2.35. The third kappa shape index (κ3) is 3.50. The van der Waals surface area contributed by atoms with Crippen LogP contribution in [0.4, 0.5) is 0 Å². The molecule has 0 bridgehead atoms. The molecule has 0 saturated carbocycles. The number of rotatable bonds is 4. The Morgan fingerprint density at radius 3 is 2.67 bits per heavy atom. The minimum atomic E-state index is 0.0775. The largest absolute Gasteiger partial charge is 0.268 e. The van der Waals surface area contributed by atoms with Crippen molar-refractivity contribution in [2.75, 3.05) is 0 Å². The zero-order valence-electron chi connectivity index (χ0n) is 17.3. The van der Waals surface area contributed by atoms with Gasteiger partial charge in [-0.2, -0.15) is 0 Å². The molecule has 0 spiro atoms. The molecule has 0 saturated heterocycles. The molecular formula is C25H24N2OS2. The number of nitrogens with zero attached hydrogens (tertiary/aromatic N) is 2. The van der Waals surface area contributed by atoms with Crippen LogP contribution in [0.5, 0.6) is 0 Å². The normalized spacial score (nSPS) is 13.5. The van der Waals surface area contributed by atoms with Crippen molar-refractivity contribution in [1.82, 2.24) is 9.55 Å². The maximum absolute atomic E-state index is 13.7. The van der Waals surface area contributed by atoms with Crippen molar-refractivity contribution in [3.8, 4) is 5.69 Å². The Kier molecular flexibility index (Phi) is 5.25. The van der Waals surface area contributed by atoms with Crippen LogP contribution in [0, 0.1) is 13.8 Å². The second-order valence-corrected chi connectivity index (χ2v) is 10.0. The monoisotopic (exact) mass is 432 g/mol. The summed E-state index contributed by atoms with van der Waals surface area (Å²) in [7, 11) is 0. The van der Waals surface area contributed by atoms with E-state index in [1.54, 1.807) is 23.1 Å². The summed E-state index contributed by atoms with van der Waals surface area (Å²) in [5, 5.41) is 1.62. The molecular weight excluding hydrogens is 408 g/mol. The molecule has 0 atom stereocenters. The molecule has 5 heteroatoms. The summed E-state index contributed by atoms with van der Waals surface area (Å²) >= 11 is 3.37. The molecule has 2 heterocycles. The third-order valence-electron chi connectivity index (χ3n) is 5.83. The van der Waals surface area contributed by atoms with Crippen LogP contribution < -0.4 is 5.56 Å². The van der Waals surface area contributed by atoms with Gasteiger partial charge >= 0.3 is 0 Å². The van der Waals surface area contributed by atoms with E-state index in [1.807, 2.05) is 34.9 Å². The molecule has 1 aliphatic rings. The van der Waals surface area contributed by atoms with Crippen molar-refractivity contribution in [3.63, 3.8) is 0 Å². The van der Waals surface area contributed by atoms with Gasteiger partial charge in [0.25, 0.3) is 5.56 Å². The zero-order valence-corrected chi connectivity index (χ0v) is 18.9. The van der Waals surface area contributed by atoms with E-state index < -0.39 is 0 Å². The zero-order chi connectivity index (χ0) is 20.7. The number of hydrogen-bond acceptors (Lipinski definition) is 4. The molecule has 5 rings (SSSR count). The molecule has 0 aliphatic heterocycles. The summed E-state index contributed by atoms with van der Waals surface area (Å²) in [6.07, 6.45) is 4.44. The Morgan fingerprint density at radius 2 is 1.87 bits per heavy atom. The minimum Gasteiger partial charge on any atom is -0.268 e. The maximum Gasteiger partial charge on any atom is 0.267 e. The predicted molar refractivity (Wildman–Crippen MR) is 127 cm³/mol. The lowest BCUT2D eigenvalue weighted by Gasteiger charge is -2.14. The number of aromatic nitrogens is 2. The smallest absolute Gasteiger partial charge is 0.267 e. The van der Waals surface area contributed by atoms with Crippen LogP contribution >= 0.6 is 23.1 Å². The number of fused-ring (bicyclic) bond motifs is 3. The average molecular weight is 433 g/mol. The summed E-state index contributed by atoms with van der Waals surface area (Å²) in [5.74, 6) is 0.794. The highest BCUT2D eigenvalue weighted by molar-refractivity contribution is 7.98. The van der Waals surface area contributed by atoms with Gasteiger partial charge in [-0.05, 0) is 68.4 Å². The topological polar surface area (TPSA) is 34.9 Å². The summed E-state index contributed by atoms with van der Waals surface area (Å²) in [4.78, 5) is 21.0. The molecule has 0 amide bonds. The third-order valence-corrected chi connectivity index (χ3v) is 8.00. The number of benzene rings is 2. The number of para-hydroxylation sites is 1. The molecule has 152 valence electrons. The molecule has 0 radical (unpaired) electrons. The first kappa shape index (κ1) is 19.6. The fourth-order valence-corrected chi connectivity index (χ4v) is 6.63. The lowest BCUT2D eigenvalue weighted by atomic mass is 9.97. The van der Waals surface area contributed by atoms with E-state index in [1.165, 1.54) is 33.6 Å². The quantitative estimate of drug-likeness (QED) is 0.283. The van der Waals surface area contributed by atoms with E-state index >= 15 is 0 Å². The van der Waals surface area contributed by atoms with Crippen LogP contribution in [0.2, 0.25) is 0 Å². The van der Waals surface area contributed by atoms with Gasteiger partial charge in [0.1, 0.15) is 4.83 Å². The van der Waals surface area contributed by atoms with Crippen LogP contribution in [0.15, 0.2) is 58.5 Å². The molecule has 4 aromatic rings. The van der Waals surface area contributed by atoms with Crippen LogP contribution in [-0.2, 0) is 18.6 Å². The molecule has 30 heavy (non-hydrogen) atoms. The maximum atomic E-state index is 13.7. The van der Waals surface area contributed by atoms with E-state index in [4.69, 9.17) is 4.98 Å². The summed E-state index contributed by atoms with van der Waals surface area (Å²) in [6.45, 7) is 4.27. The Morgan fingerprint density at radius 1 is 1.07 bits per heavy atom. The van der Waals surface area contributed by atoms with Crippen LogP contribution in [0.3, 0.4) is 0 Å². The average Bonchev–Trinajstić information content (AvgIpc) is 3.12. The van der Waals surface area contributed by atoms with Gasteiger partial charge in [-0.1, -0.05) is 53.7 Å². The van der Waals surface area contributed by atoms with Crippen molar-refractivity contribution in [1.29, 1.82) is 0 Å². The number of thioether (sulfide) groups is 1. The number of hydrogen-bond donors (Lipinski definition) is 0. The van der Waals surface area contributed by atoms with Crippen molar-refractivity contribution in [2.24, 2.45) is 0 Å². The molecule has 0 N–H and O–H groups in total. The molecule has 0 unspecified atom stereocenters. The Balaban J connectivity index is 1.65. The van der Waals surface area contributed by atoms with E-state index in [0.717, 1.165) is 46.1 Å². The second kappa shape index (κ2) is 8.05. The van der Waals surface area contributed by atoms with Gasteiger partial charge < -0.3 is 0 Å². The van der Waals surface area contributed by atoms with E-state index in [2.05, 4.69) is 32.0 Å². The first-order valence-electron chi connectivity index (χ1n) is 10.4. The van der Waals surface area contributed by atoms with Gasteiger partial charge in [0.2, 0.25) is 0 Å². The van der Waals surface area contributed by atoms with Crippen LogP contribution in [0.1, 0.15) is 40.0 Å². The van der Waals surface area contributed by atoms with Gasteiger partial charge in [0, 0.05) is 10.6 Å². The second-order valence-electron chi connectivity index (χ2n) is 7.98. The number of thiophene rings is 1. The predicted octanol–water partition coefficient (Wildman–Crippen LogP) is 6.24. The standard InChI is InChI=1S/C25H24N2OS2/c1-16-12-13-18(17(2)14-16)15-29-25-26-23-22(20-10-6-7-11-21(20)30-23)24(28)27(25)19-8-4-3-5-9-19/h3-5,8-9,12-14H,6-7,10-11,15H2,1-2H3. The highest BCUT2D eigenvalue weighted by Gasteiger charge is 2.23. The van der Waals surface area contributed by atoms with Crippen molar-refractivity contribution in [2.45, 2.75) is 50.4 Å². The van der Waals surface area contributed by atoms with Gasteiger partial charge in [-0.25, -0.2) is 4.98 Å². The number of aryl methyl sites for hydroxylation is 4. The van der Waals surface area contributed by atoms with Gasteiger partial charge in [0.15, 0.2) is 5.16 Å². The highest BCUT2D eigenvalue weighted by atomic mass is 32.2. The Bertz CT molecular complexity index is 1290. The van der Waals surface area contributed by atoms with Crippen LogP contribution in [0.25, 0.3) is 15.9 Å². The summed E-state index contributed by atoms with van der Waals surface area (Å²) < 4.78 is 1.82. The fraction of sp³-hybridized carbons (Fsp3) is 0.280. The fourth-order valence-electron chi connectivity index (χ4n) is 4.24. The van der Waals surface area contributed by atoms with Crippen molar-refractivity contribution >= 4 is 33.3 Å². The Hall–Kier alpha value is -2.37. The van der Waals surface area contributed by atoms with E-state index in [-0.39, 0.29) is 5.56 Å². The lowest BCUT2D eigenvalue weighted by Crippen LogP contribution is -2.22. The van der Waals surface area contributed by atoms with Gasteiger partial charge in [-0.15, -0.1) is 11.3 Å². The van der Waals surface area contributed by atoms with Crippen molar-refractivity contribution < 1.29 is 0 Å². The van der Waals surface area contributed by atoms with Gasteiger partial charge in [0.05, 0.1) is 11.1 Å². The molecule has 3 nitrogen and oxygen atoms in total. The Labute approximate surface area is 184 Å². The SMILES string of the molecule is Cc1ccc(CSc2nc3sc4c(c3c(=O)n2-c2ccccc2)CCCC4)c(C)c1. The molecule has 2 aromatic carbocycles. The lowest BCUT2D eigenvalue weighted by molar-refractivity contribution is 0.699. The first-order valence-corrected chi connectivity index (χ1v) is 12.2. The van der Waals surface area contributed by atoms with Crippen LogP contribution in [-0.4, -0.2) is 9.55 Å². The van der Waals surface area contributed by atoms with E-state index in [9.17, 15) is 4.79 Å². The first-order chi connectivity index (χ1) is 14.6. The molecule has 0 fully saturated rings. The summed E-state index contributed by atoms with van der Waals surface area (Å²) in [6, 6.07) is 16.5. The molecule has 2 aromatic heterocycles. The van der Waals surface area contributed by atoms with E-state index in [0.29, 0.717) is 0 Å². The van der Waals surface area contributed by atoms with Crippen molar-refractivity contribution in [3.05, 3.63) is 86.0 Å². The minimum absolute atomic E-state index is 0.0775. The summed E-state index contributed by atoms with van der Waals surface area (Å²) in [5.41, 5.74) is 6.04.